The summed E-state index contributed by atoms with van der Waals surface area (Å²) in [6, 6.07) is -0.735. The van der Waals surface area contributed by atoms with Crippen molar-refractivity contribution in [1.82, 2.24) is 0 Å². The van der Waals surface area contributed by atoms with Gasteiger partial charge in [-0.2, -0.15) is 0 Å². The van der Waals surface area contributed by atoms with Gasteiger partial charge in [-0.05, 0) is 57.8 Å². The van der Waals surface area contributed by atoms with Gasteiger partial charge >= 0.3 is 11.9 Å². The number of esters is 2. The first-order valence-corrected chi connectivity index (χ1v) is 25.0. The Kier molecular flexibility index (Phi) is 42.1. The zero-order chi connectivity index (χ0) is 45.6. The highest BCUT2D eigenvalue weighted by Crippen LogP contribution is 2.14. The van der Waals surface area contributed by atoms with E-state index in [-0.39, 0.29) is 49.1 Å². The molecule has 356 valence electrons. The molecule has 0 saturated carbocycles. The Balaban J connectivity index is 4.33. The minimum atomic E-state index is -1.13. The van der Waals surface area contributed by atoms with Crippen molar-refractivity contribution in [2.45, 2.75) is 212 Å². The smallest absolute Gasteiger partial charge is 0.306 e. The van der Waals surface area contributed by atoms with Crippen LogP contribution in [0.25, 0.3) is 0 Å². The Morgan fingerprint density at radius 1 is 0.484 bits per heavy atom. The number of carboxylic acid groups (broad SMARTS) is 1. The van der Waals surface area contributed by atoms with E-state index in [0.29, 0.717) is 6.42 Å². The molecule has 62 heavy (non-hydrogen) atoms. The Morgan fingerprint density at radius 3 is 1.37 bits per heavy atom. The molecule has 0 heterocycles. The van der Waals surface area contributed by atoms with Crippen LogP contribution in [0.3, 0.4) is 0 Å². The summed E-state index contributed by atoms with van der Waals surface area (Å²) in [6.45, 7) is 4.55. The Hall–Kier alpha value is -3.23. The fourth-order valence-electron chi connectivity index (χ4n) is 7.04. The molecular weight excluding hydrogens is 775 g/mol. The first-order valence-electron chi connectivity index (χ1n) is 25.0. The van der Waals surface area contributed by atoms with Crippen LogP contribution < -0.4 is 5.11 Å². The van der Waals surface area contributed by atoms with E-state index in [9.17, 15) is 19.5 Å². The summed E-state index contributed by atoms with van der Waals surface area (Å²) in [5, 5.41) is 11.7. The number of hydrogen-bond donors (Lipinski definition) is 0. The molecule has 0 aromatic heterocycles. The molecule has 0 rings (SSSR count). The summed E-state index contributed by atoms with van der Waals surface area (Å²) in [4.78, 5) is 37.0. The molecule has 0 aliphatic heterocycles. The van der Waals surface area contributed by atoms with Gasteiger partial charge in [0.15, 0.2) is 6.10 Å². The second kappa shape index (κ2) is 44.4. The summed E-state index contributed by atoms with van der Waals surface area (Å²) < 4.78 is 17.2. The molecule has 2 atom stereocenters. The maximum Gasteiger partial charge on any atom is 0.306 e. The van der Waals surface area contributed by atoms with Crippen LogP contribution in [0.15, 0.2) is 72.9 Å². The fraction of sp³-hybridized carbons (Fsp3) is 0.722. The predicted octanol–water partition coefficient (Wildman–Crippen LogP) is 13.0. The molecule has 2 unspecified atom stereocenters. The van der Waals surface area contributed by atoms with Crippen LogP contribution in [0.5, 0.6) is 0 Å². The van der Waals surface area contributed by atoms with E-state index < -0.39 is 18.1 Å². The summed E-state index contributed by atoms with van der Waals surface area (Å²) in [6.07, 6.45) is 56.4. The Morgan fingerprint density at radius 2 is 0.903 bits per heavy atom. The third-order valence-corrected chi connectivity index (χ3v) is 10.9. The normalized spacial score (nSPS) is 13.5. The van der Waals surface area contributed by atoms with E-state index in [1.54, 1.807) is 21.1 Å². The number of carbonyl (C=O) groups is 3. The van der Waals surface area contributed by atoms with Gasteiger partial charge in [0.2, 0.25) is 0 Å². The van der Waals surface area contributed by atoms with Crippen molar-refractivity contribution in [3.63, 3.8) is 0 Å². The summed E-state index contributed by atoms with van der Waals surface area (Å²) in [5.74, 6) is -1.78. The highest BCUT2D eigenvalue weighted by atomic mass is 16.6. The van der Waals surface area contributed by atoms with Gasteiger partial charge < -0.3 is 28.6 Å². The van der Waals surface area contributed by atoms with Crippen molar-refractivity contribution in [2.24, 2.45) is 0 Å². The van der Waals surface area contributed by atoms with E-state index in [2.05, 4.69) is 50.3 Å². The third-order valence-electron chi connectivity index (χ3n) is 10.9. The quantitative estimate of drug-likeness (QED) is 0.0198. The van der Waals surface area contributed by atoms with Gasteiger partial charge in [0.05, 0.1) is 40.3 Å². The lowest BCUT2D eigenvalue weighted by molar-refractivity contribution is -0.889. The summed E-state index contributed by atoms with van der Waals surface area (Å²) >= 11 is 0. The van der Waals surface area contributed by atoms with E-state index in [4.69, 9.17) is 14.2 Å². The fourth-order valence-corrected chi connectivity index (χ4v) is 7.04. The third kappa shape index (κ3) is 42.1. The maximum absolute atomic E-state index is 12.8. The number of rotatable bonds is 44. The topological polar surface area (TPSA) is 102 Å². The molecular formula is C54H93NO7. The molecule has 0 N–H and O–H groups in total. The van der Waals surface area contributed by atoms with Crippen molar-refractivity contribution in [3.8, 4) is 0 Å². The largest absolute Gasteiger partial charge is 0.544 e. The second-order valence-electron chi connectivity index (χ2n) is 17.8. The molecule has 0 spiro atoms. The monoisotopic (exact) mass is 868 g/mol. The van der Waals surface area contributed by atoms with Crippen molar-refractivity contribution in [1.29, 1.82) is 0 Å². The molecule has 8 nitrogen and oxygen atoms in total. The van der Waals surface area contributed by atoms with Gasteiger partial charge in [0.25, 0.3) is 0 Å². The van der Waals surface area contributed by atoms with Crippen LogP contribution in [0, 0.1) is 0 Å². The zero-order valence-corrected chi connectivity index (χ0v) is 40.5. The van der Waals surface area contributed by atoms with E-state index in [0.717, 1.165) is 64.2 Å². The highest BCUT2D eigenvalue weighted by Gasteiger charge is 2.25. The van der Waals surface area contributed by atoms with Crippen molar-refractivity contribution in [2.75, 3.05) is 41.0 Å². The van der Waals surface area contributed by atoms with Crippen LogP contribution >= 0.6 is 0 Å². The first-order chi connectivity index (χ1) is 30.1. The maximum atomic E-state index is 12.8. The molecule has 0 aromatic rings. The highest BCUT2D eigenvalue weighted by molar-refractivity contribution is 5.70. The summed E-state index contributed by atoms with van der Waals surface area (Å²) in [7, 11) is 5.40. The van der Waals surface area contributed by atoms with Gasteiger partial charge in [0, 0.05) is 19.3 Å². The molecule has 0 radical (unpaired) electrons. The molecule has 0 bridgehead atoms. The summed E-state index contributed by atoms with van der Waals surface area (Å²) in [5.41, 5.74) is 0. The molecule has 0 saturated heterocycles. The number of hydrogen-bond acceptors (Lipinski definition) is 7. The first kappa shape index (κ1) is 58.8. The lowest BCUT2D eigenvalue weighted by Gasteiger charge is -2.34. The van der Waals surface area contributed by atoms with Gasteiger partial charge in [-0.15, -0.1) is 0 Å². The molecule has 0 aliphatic rings. The Labute approximate surface area is 381 Å². The lowest BCUT2D eigenvalue weighted by Crippen LogP contribution is -2.55. The van der Waals surface area contributed by atoms with Crippen molar-refractivity contribution < 1.29 is 38.2 Å². The van der Waals surface area contributed by atoms with Crippen LogP contribution in [0.4, 0.5) is 0 Å². The minimum Gasteiger partial charge on any atom is -0.544 e. The van der Waals surface area contributed by atoms with E-state index in [1.165, 1.54) is 103 Å². The number of allylic oxidation sites excluding steroid dienone is 12. The Bertz CT molecular complexity index is 1240. The number of unbranched alkanes of at least 4 members (excludes halogenated alkanes) is 22. The molecule has 0 amide bonds. The number of likely N-dealkylation sites (N-methyl/N-ethyl adjacent to an activating group) is 1. The molecule has 0 fully saturated rings. The molecule has 0 aliphatic carbocycles. The number of quaternary nitrogens is 1. The van der Waals surface area contributed by atoms with Gasteiger partial charge in [-0.3, -0.25) is 9.59 Å². The second-order valence-corrected chi connectivity index (χ2v) is 17.8. The molecule has 0 aromatic carbocycles. The van der Waals surface area contributed by atoms with E-state index in [1.807, 2.05) is 36.5 Å². The van der Waals surface area contributed by atoms with Gasteiger partial charge in [-0.1, -0.05) is 196 Å². The SMILES string of the molecule is CCC/C=C/C=C/C=C/C=C/C=C/CCCCCCCC(=O)OC(COCCC(C(=O)[O-])[N+](C)(C)C)COC(=O)CCCCCCCCC/C=C/CCCCCCCCCCC. The minimum absolute atomic E-state index is 0.0256. The van der Waals surface area contributed by atoms with Crippen LogP contribution in [-0.4, -0.2) is 75.5 Å². The van der Waals surface area contributed by atoms with Crippen molar-refractivity contribution in [3.05, 3.63) is 72.9 Å². The number of nitrogens with zero attached hydrogens (tertiary/aromatic N) is 1. The van der Waals surface area contributed by atoms with Crippen LogP contribution in [-0.2, 0) is 28.6 Å². The van der Waals surface area contributed by atoms with Crippen molar-refractivity contribution >= 4 is 17.9 Å². The van der Waals surface area contributed by atoms with E-state index >= 15 is 0 Å². The standard InChI is InChI=1S/C54H93NO7/c1-6-8-10-12-14-16-18-20-22-24-26-27-29-30-32-34-36-38-40-42-44-52(56)61-49-50(48-60-47-46-51(54(58)59)55(3,4)5)62-53(57)45-43-41-39-37-35-33-31-28-25-23-21-19-17-15-13-11-9-7-2/h11,13,15,17,19,21,23,25-28,31,50-51H,6-10,12,14,16,18,20,22,24,29-30,32-49H2,1-5H3/b13-11+,17-15+,21-19+,25-23+,27-26+,31-28+. The molecule has 8 heteroatoms. The average Bonchev–Trinajstić information content (AvgIpc) is 3.23. The average molecular weight is 868 g/mol. The number of carbonyl (C=O) groups excluding carboxylic acids is 3. The zero-order valence-electron chi connectivity index (χ0n) is 40.5. The number of aliphatic carboxylic acids is 1. The number of ether oxygens (including phenoxy) is 3. The van der Waals surface area contributed by atoms with Gasteiger partial charge in [0.1, 0.15) is 12.6 Å². The predicted molar refractivity (Wildman–Crippen MR) is 259 cm³/mol. The number of carboxylic acids is 1. The lowest BCUT2D eigenvalue weighted by atomic mass is 10.1. The van der Waals surface area contributed by atoms with Crippen LogP contribution in [0.1, 0.15) is 200 Å². The van der Waals surface area contributed by atoms with Gasteiger partial charge in [-0.25, -0.2) is 0 Å². The van der Waals surface area contributed by atoms with Crippen LogP contribution in [0.2, 0.25) is 0 Å².